The molecule has 6 N–H and O–H groups in total. The molecule has 0 aromatic rings. The topological polar surface area (TPSA) is 149 Å². The van der Waals surface area contributed by atoms with Crippen molar-refractivity contribution in [3.05, 3.63) is 24.3 Å². The molecule has 1 rings (SSSR count). The molecule has 0 radical (unpaired) electrons. The van der Waals surface area contributed by atoms with Crippen molar-refractivity contribution in [3.63, 3.8) is 0 Å². The fourth-order valence-electron chi connectivity index (χ4n) is 7.27. The number of rotatable bonds is 38. The third-order valence-corrected chi connectivity index (χ3v) is 11.0. The summed E-state index contributed by atoms with van der Waals surface area (Å²) in [4.78, 5) is 12.9. The molecule has 1 amide bonds. The van der Waals surface area contributed by atoms with Crippen molar-refractivity contribution < 1.29 is 39.8 Å². The number of carbonyl (C=O) groups excluding carboxylic acids is 1. The maximum Gasteiger partial charge on any atom is 0.220 e. The summed E-state index contributed by atoms with van der Waals surface area (Å²) in [5.41, 5.74) is 0. The van der Waals surface area contributed by atoms with E-state index in [1.165, 1.54) is 148 Å². The van der Waals surface area contributed by atoms with Crippen LogP contribution in [-0.2, 0) is 14.3 Å². The van der Waals surface area contributed by atoms with Crippen LogP contribution in [0.2, 0.25) is 0 Å². The molecule has 0 aliphatic carbocycles. The van der Waals surface area contributed by atoms with Crippen LogP contribution in [0.4, 0.5) is 0 Å². The number of unbranched alkanes of at least 4 members (excludes halogenated alkanes) is 26. The van der Waals surface area contributed by atoms with Gasteiger partial charge in [0.2, 0.25) is 5.91 Å². The van der Waals surface area contributed by atoms with E-state index in [4.69, 9.17) is 9.47 Å². The van der Waals surface area contributed by atoms with Gasteiger partial charge >= 0.3 is 0 Å². The van der Waals surface area contributed by atoms with Crippen LogP contribution >= 0.6 is 0 Å². The van der Waals surface area contributed by atoms with Crippen molar-refractivity contribution in [2.75, 3.05) is 13.2 Å². The Balaban J connectivity index is 2.24. The molecular weight excluding hydrogens is 695 g/mol. The van der Waals surface area contributed by atoms with E-state index in [0.717, 1.165) is 38.5 Å². The van der Waals surface area contributed by atoms with E-state index < -0.39 is 49.5 Å². The first kappa shape index (κ1) is 51.7. The first-order chi connectivity index (χ1) is 26.8. The molecule has 7 unspecified atom stereocenters. The predicted octanol–water partition coefficient (Wildman–Crippen LogP) is 9.50. The molecule has 0 bridgehead atoms. The minimum absolute atomic E-state index is 0.180. The first-order valence-corrected chi connectivity index (χ1v) is 23.1. The summed E-state index contributed by atoms with van der Waals surface area (Å²) in [6, 6.07) is -0.800. The standard InChI is InChI=1S/C46H87NO8/c1-3-5-7-9-11-13-14-15-16-17-18-19-20-21-22-23-24-25-26-28-30-32-34-36-42(50)47-39(40(49)35-33-31-29-27-12-10-8-6-4-2)38-54-46-45(53)44(52)43(51)41(37-48)55-46/h17-18,33,35,39-41,43-46,48-49,51-53H,3-16,19-32,34,36-38H2,1-2H3,(H,47,50)/b18-17-,35-33+. The van der Waals surface area contributed by atoms with Gasteiger partial charge in [0.05, 0.1) is 25.4 Å². The third-order valence-electron chi connectivity index (χ3n) is 11.0. The van der Waals surface area contributed by atoms with Gasteiger partial charge in [-0.05, 0) is 44.9 Å². The van der Waals surface area contributed by atoms with Crippen LogP contribution < -0.4 is 5.32 Å². The van der Waals surface area contributed by atoms with Gasteiger partial charge in [-0.15, -0.1) is 0 Å². The second-order valence-electron chi connectivity index (χ2n) is 16.2. The molecule has 0 aromatic heterocycles. The highest BCUT2D eigenvalue weighted by Crippen LogP contribution is 2.22. The Hall–Kier alpha value is -1.33. The monoisotopic (exact) mass is 782 g/mol. The molecular formula is C46H87NO8. The molecule has 0 spiro atoms. The van der Waals surface area contributed by atoms with Gasteiger partial charge in [-0.2, -0.15) is 0 Å². The predicted molar refractivity (Wildman–Crippen MR) is 226 cm³/mol. The first-order valence-electron chi connectivity index (χ1n) is 23.1. The second kappa shape index (κ2) is 37.0. The van der Waals surface area contributed by atoms with E-state index in [1.54, 1.807) is 6.08 Å². The highest BCUT2D eigenvalue weighted by Gasteiger charge is 2.44. The smallest absolute Gasteiger partial charge is 0.220 e. The molecule has 7 atom stereocenters. The maximum absolute atomic E-state index is 12.9. The Labute approximate surface area is 337 Å². The lowest BCUT2D eigenvalue weighted by molar-refractivity contribution is -0.302. The minimum atomic E-state index is -1.56. The summed E-state index contributed by atoms with van der Waals surface area (Å²) < 4.78 is 11.2. The van der Waals surface area contributed by atoms with Crippen LogP contribution in [0.3, 0.4) is 0 Å². The lowest BCUT2D eigenvalue weighted by Gasteiger charge is -2.40. The molecule has 1 aliphatic heterocycles. The molecule has 55 heavy (non-hydrogen) atoms. The molecule has 1 aliphatic rings. The quantitative estimate of drug-likeness (QED) is 0.0268. The summed E-state index contributed by atoms with van der Waals surface area (Å²) >= 11 is 0. The Bertz CT molecular complexity index is 914. The zero-order valence-corrected chi connectivity index (χ0v) is 35.4. The Morgan fingerprint density at radius 1 is 0.600 bits per heavy atom. The second-order valence-corrected chi connectivity index (χ2v) is 16.2. The van der Waals surface area contributed by atoms with Gasteiger partial charge in [-0.3, -0.25) is 4.79 Å². The van der Waals surface area contributed by atoms with Crippen molar-refractivity contribution in [1.29, 1.82) is 0 Å². The number of hydrogen-bond donors (Lipinski definition) is 6. The van der Waals surface area contributed by atoms with Gasteiger partial charge in [-0.25, -0.2) is 0 Å². The van der Waals surface area contributed by atoms with Gasteiger partial charge in [0, 0.05) is 6.42 Å². The third kappa shape index (κ3) is 27.9. The number of amides is 1. The fourth-order valence-corrected chi connectivity index (χ4v) is 7.27. The van der Waals surface area contributed by atoms with Gasteiger partial charge < -0.3 is 40.3 Å². The normalized spacial score (nSPS) is 21.5. The fraction of sp³-hybridized carbons (Fsp3) is 0.891. The highest BCUT2D eigenvalue weighted by molar-refractivity contribution is 5.76. The number of allylic oxidation sites excluding steroid dienone is 3. The lowest BCUT2D eigenvalue weighted by Crippen LogP contribution is -2.60. The van der Waals surface area contributed by atoms with E-state index in [9.17, 15) is 30.3 Å². The summed E-state index contributed by atoms with van der Waals surface area (Å²) in [5, 5.41) is 54.0. The van der Waals surface area contributed by atoms with Gasteiger partial charge in [-0.1, -0.05) is 179 Å². The van der Waals surface area contributed by atoms with Crippen molar-refractivity contribution in [1.82, 2.24) is 5.32 Å². The summed E-state index contributed by atoms with van der Waals surface area (Å²) in [6.45, 7) is 3.74. The molecule has 0 saturated carbocycles. The van der Waals surface area contributed by atoms with E-state index >= 15 is 0 Å². The SMILES string of the molecule is CCCCCCCCC/C=C/C(O)C(COC1OC(CO)C(O)C(O)C1O)NC(=O)CCCCCCCCCCCCC/C=C\CCCCCCCCCC. The number of ether oxygens (including phenoxy) is 2. The molecule has 324 valence electrons. The van der Waals surface area contributed by atoms with Crippen molar-refractivity contribution in [3.8, 4) is 0 Å². The molecule has 9 nitrogen and oxygen atoms in total. The zero-order chi connectivity index (χ0) is 40.2. The number of nitrogens with one attached hydrogen (secondary N) is 1. The van der Waals surface area contributed by atoms with Crippen LogP contribution in [-0.4, -0.2) is 87.5 Å². The Morgan fingerprint density at radius 3 is 1.47 bits per heavy atom. The zero-order valence-electron chi connectivity index (χ0n) is 35.4. The molecule has 1 fully saturated rings. The van der Waals surface area contributed by atoms with Crippen LogP contribution in [0.25, 0.3) is 0 Å². The van der Waals surface area contributed by atoms with Crippen LogP contribution in [0.15, 0.2) is 24.3 Å². The van der Waals surface area contributed by atoms with Gasteiger partial charge in [0.1, 0.15) is 24.4 Å². The number of hydrogen-bond acceptors (Lipinski definition) is 8. The molecule has 1 saturated heterocycles. The lowest BCUT2D eigenvalue weighted by atomic mass is 9.99. The molecule has 9 heteroatoms. The summed E-state index contributed by atoms with van der Waals surface area (Å²) in [5.74, 6) is -0.180. The number of aliphatic hydroxyl groups excluding tert-OH is 5. The molecule has 1 heterocycles. The van der Waals surface area contributed by atoms with Crippen LogP contribution in [0.1, 0.15) is 206 Å². The van der Waals surface area contributed by atoms with Gasteiger partial charge in [0.25, 0.3) is 0 Å². The number of aliphatic hydroxyl groups is 5. The average molecular weight is 782 g/mol. The van der Waals surface area contributed by atoms with Crippen molar-refractivity contribution in [2.24, 2.45) is 0 Å². The Kier molecular flexibility index (Phi) is 34.7. The number of carbonyl (C=O) groups is 1. The van der Waals surface area contributed by atoms with E-state index in [0.29, 0.717) is 6.42 Å². The van der Waals surface area contributed by atoms with Crippen LogP contribution in [0.5, 0.6) is 0 Å². The van der Waals surface area contributed by atoms with Crippen molar-refractivity contribution >= 4 is 5.91 Å². The van der Waals surface area contributed by atoms with E-state index in [-0.39, 0.29) is 12.5 Å². The van der Waals surface area contributed by atoms with E-state index in [1.807, 2.05) is 6.08 Å². The highest BCUT2D eigenvalue weighted by atomic mass is 16.7. The summed E-state index contributed by atoms with van der Waals surface area (Å²) in [6.07, 6.45) is 36.7. The van der Waals surface area contributed by atoms with Crippen molar-refractivity contribution in [2.45, 2.75) is 249 Å². The average Bonchev–Trinajstić information content (AvgIpc) is 3.18. The van der Waals surface area contributed by atoms with Crippen LogP contribution in [0, 0.1) is 0 Å². The molecule has 0 aromatic carbocycles. The van der Waals surface area contributed by atoms with Gasteiger partial charge in [0.15, 0.2) is 6.29 Å². The maximum atomic E-state index is 12.9. The van der Waals surface area contributed by atoms with E-state index in [2.05, 4.69) is 31.3 Å². The minimum Gasteiger partial charge on any atom is -0.394 e. The largest absolute Gasteiger partial charge is 0.394 e. The summed E-state index contributed by atoms with van der Waals surface area (Å²) in [7, 11) is 0. The Morgan fingerprint density at radius 2 is 1.02 bits per heavy atom.